The Bertz CT molecular complexity index is 1350. The van der Waals surface area contributed by atoms with Crippen LogP contribution < -0.4 is 14.2 Å². The van der Waals surface area contributed by atoms with Gasteiger partial charge in [-0.3, -0.25) is 14.6 Å². The van der Waals surface area contributed by atoms with Gasteiger partial charge in [0.1, 0.15) is 23.0 Å². The summed E-state index contributed by atoms with van der Waals surface area (Å²) in [5.74, 6) is -0.153. The van der Waals surface area contributed by atoms with Crippen LogP contribution in [0, 0.1) is 6.92 Å². The Hall–Kier alpha value is -4.33. The Morgan fingerprint density at radius 1 is 1.05 bits per heavy atom. The van der Waals surface area contributed by atoms with E-state index in [1.807, 2.05) is 26.8 Å². The molecular formula is C29H30N2O6. The fourth-order valence-electron chi connectivity index (χ4n) is 4.50. The second-order valence-electron chi connectivity index (χ2n) is 9.04. The smallest absolute Gasteiger partial charge is 0.295 e. The van der Waals surface area contributed by atoms with E-state index in [0.29, 0.717) is 33.9 Å². The number of ketones is 1. The molecule has 2 heterocycles. The van der Waals surface area contributed by atoms with Crippen LogP contribution in [0.2, 0.25) is 0 Å². The van der Waals surface area contributed by atoms with Crippen LogP contribution in [-0.2, 0) is 16.1 Å². The molecule has 4 rings (SSSR count). The summed E-state index contributed by atoms with van der Waals surface area (Å²) in [5, 5.41) is 11.5. The van der Waals surface area contributed by atoms with Gasteiger partial charge in [-0.2, -0.15) is 0 Å². The van der Waals surface area contributed by atoms with Crippen LogP contribution >= 0.6 is 0 Å². The molecule has 1 N–H and O–H groups in total. The van der Waals surface area contributed by atoms with Gasteiger partial charge in [-0.25, -0.2) is 0 Å². The standard InChI is InChI=1S/C29H30N2O6/c1-17(2)37-21-8-10-22(18(3)13-21)27(32)25-26(23-14-20(35-4)9-11-24(23)36-5)31(29(34)28(25)33)16-19-7-6-12-30-15-19/h6-15,17,26,32H,16H2,1-5H3/t26-/m1/s1. The van der Waals surface area contributed by atoms with Gasteiger partial charge in [-0.05, 0) is 74.4 Å². The number of nitrogens with zero attached hydrogens (tertiary/aromatic N) is 2. The molecule has 3 aromatic rings. The highest BCUT2D eigenvalue weighted by Gasteiger charge is 2.47. The van der Waals surface area contributed by atoms with Gasteiger partial charge in [0.05, 0.1) is 31.9 Å². The third-order valence-corrected chi connectivity index (χ3v) is 6.17. The summed E-state index contributed by atoms with van der Waals surface area (Å²) in [6.07, 6.45) is 3.25. The lowest BCUT2D eigenvalue weighted by Crippen LogP contribution is -2.29. The van der Waals surface area contributed by atoms with Gasteiger partial charge in [0, 0.05) is 30.1 Å². The van der Waals surface area contributed by atoms with Crippen molar-refractivity contribution >= 4 is 17.4 Å². The van der Waals surface area contributed by atoms with Crippen LogP contribution in [0.5, 0.6) is 17.2 Å². The molecule has 1 aliphatic heterocycles. The predicted molar refractivity (Wildman–Crippen MR) is 139 cm³/mol. The third-order valence-electron chi connectivity index (χ3n) is 6.17. The number of carbonyl (C=O) groups is 2. The molecule has 2 aromatic carbocycles. The summed E-state index contributed by atoms with van der Waals surface area (Å²) in [5.41, 5.74) is 2.36. The van der Waals surface area contributed by atoms with E-state index in [1.165, 1.54) is 19.1 Å². The van der Waals surface area contributed by atoms with Crippen molar-refractivity contribution in [1.82, 2.24) is 9.88 Å². The number of likely N-dealkylation sites (tertiary alicyclic amines) is 1. The third kappa shape index (κ3) is 5.14. The van der Waals surface area contributed by atoms with Gasteiger partial charge in [0.2, 0.25) is 0 Å². The van der Waals surface area contributed by atoms with Crippen LogP contribution in [0.3, 0.4) is 0 Å². The van der Waals surface area contributed by atoms with Crippen molar-refractivity contribution in [2.75, 3.05) is 14.2 Å². The number of Topliss-reactive ketones (excluding diaryl/α,β-unsaturated/α-hetero) is 1. The number of pyridine rings is 1. The average Bonchev–Trinajstić information content (AvgIpc) is 3.13. The lowest BCUT2D eigenvalue weighted by atomic mass is 9.93. The Balaban J connectivity index is 1.91. The number of hydrogen-bond donors (Lipinski definition) is 1. The lowest BCUT2D eigenvalue weighted by Gasteiger charge is -2.27. The number of hydrogen-bond acceptors (Lipinski definition) is 7. The fraction of sp³-hybridized carbons (Fsp3) is 0.276. The molecule has 37 heavy (non-hydrogen) atoms. The van der Waals surface area contributed by atoms with Crippen LogP contribution in [-0.4, -0.2) is 47.0 Å². The van der Waals surface area contributed by atoms with E-state index in [-0.39, 0.29) is 24.0 Å². The number of methoxy groups -OCH3 is 2. The number of aryl methyl sites for hydroxylation is 1. The van der Waals surface area contributed by atoms with E-state index in [1.54, 1.807) is 54.9 Å². The number of ether oxygens (including phenoxy) is 3. The van der Waals surface area contributed by atoms with Crippen LogP contribution in [0.4, 0.5) is 0 Å². The number of rotatable bonds is 8. The SMILES string of the molecule is COc1ccc(OC)c([C@@H]2C(=C(O)c3ccc(OC(C)C)cc3C)C(=O)C(=O)N2Cc2cccnc2)c1. The maximum absolute atomic E-state index is 13.5. The summed E-state index contributed by atoms with van der Waals surface area (Å²) < 4.78 is 16.8. The summed E-state index contributed by atoms with van der Waals surface area (Å²) in [4.78, 5) is 32.4. The van der Waals surface area contributed by atoms with E-state index in [9.17, 15) is 14.7 Å². The maximum Gasteiger partial charge on any atom is 0.295 e. The van der Waals surface area contributed by atoms with Gasteiger partial charge in [0.25, 0.3) is 11.7 Å². The van der Waals surface area contributed by atoms with Crippen LogP contribution in [0.15, 0.2) is 66.5 Å². The summed E-state index contributed by atoms with van der Waals surface area (Å²) in [6.45, 7) is 5.78. The predicted octanol–water partition coefficient (Wildman–Crippen LogP) is 4.82. The van der Waals surface area contributed by atoms with E-state index < -0.39 is 17.7 Å². The number of carbonyl (C=O) groups excluding carboxylic acids is 2. The first-order valence-corrected chi connectivity index (χ1v) is 11.9. The highest BCUT2D eigenvalue weighted by molar-refractivity contribution is 6.46. The van der Waals surface area contributed by atoms with Gasteiger partial charge in [0.15, 0.2) is 0 Å². The Morgan fingerprint density at radius 2 is 1.81 bits per heavy atom. The number of aromatic nitrogens is 1. The van der Waals surface area contributed by atoms with Crippen molar-refractivity contribution in [2.45, 2.75) is 39.5 Å². The molecule has 0 aliphatic carbocycles. The number of benzene rings is 2. The maximum atomic E-state index is 13.5. The van der Waals surface area contributed by atoms with E-state index in [0.717, 1.165) is 5.56 Å². The molecule has 1 atom stereocenters. The monoisotopic (exact) mass is 502 g/mol. The first kappa shape index (κ1) is 25.8. The number of aliphatic hydroxyl groups is 1. The Morgan fingerprint density at radius 3 is 2.43 bits per heavy atom. The second kappa shape index (κ2) is 10.7. The van der Waals surface area contributed by atoms with Gasteiger partial charge in [-0.15, -0.1) is 0 Å². The summed E-state index contributed by atoms with van der Waals surface area (Å²) >= 11 is 0. The van der Waals surface area contributed by atoms with Gasteiger partial charge < -0.3 is 24.2 Å². The molecule has 0 unspecified atom stereocenters. The van der Waals surface area contributed by atoms with E-state index >= 15 is 0 Å². The minimum Gasteiger partial charge on any atom is -0.507 e. The molecule has 1 amide bonds. The normalized spacial score (nSPS) is 16.8. The van der Waals surface area contributed by atoms with Crippen molar-refractivity contribution in [1.29, 1.82) is 0 Å². The molecule has 192 valence electrons. The molecule has 0 spiro atoms. The molecule has 0 bridgehead atoms. The topological polar surface area (TPSA) is 98.2 Å². The molecule has 0 saturated carbocycles. The fourth-order valence-corrected chi connectivity index (χ4v) is 4.50. The van der Waals surface area contributed by atoms with Crippen molar-refractivity contribution in [2.24, 2.45) is 0 Å². The minimum absolute atomic E-state index is 0.0165. The molecule has 8 nitrogen and oxygen atoms in total. The van der Waals surface area contributed by atoms with Crippen molar-refractivity contribution in [3.05, 3.63) is 88.8 Å². The molecule has 8 heteroatoms. The van der Waals surface area contributed by atoms with Crippen molar-refractivity contribution in [3.8, 4) is 17.2 Å². The molecule has 1 saturated heterocycles. The minimum atomic E-state index is -0.920. The molecule has 1 aromatic heterocycles. The van der Waals surface area contributed by atoms with Gasteiger partial charge >= 0.3 is 0 Å². The van der Waals surface area contributed by atoms with E-state index in [2.05, 4.69) is 4.98 Å². The van der Waals surface area contributed by atoms with Crippen LogP contribution in [0.25, 0.3) is 5.76 Å². The average molecular weight is 503 g/mol. The van der Waals surface area contributed by atoms with Crippen molar-refractivity contribution < 1.29 is 28.9 Å². The largest absolute Gasteiger partial charge is 0.507 e. The molecular weight excluding hydrogens is 472 g/mol. The second-order valence-corrected chi connectivity index (χ2v) is 9.04. The lowest BCUT2D eigenvalue weighted by molar-refractivity contribution is -0.140. The van der Waals surface area contributed by atoms with Crippen LogP contribution in [0.1, 0.15) is 42.1 Å². The number of amides is 1. The first-order valence-electron chi connectivity index (χ1n) is 11.9. The molecule has 1 aliphatic rings. The molecule has 1 fully saturated rings. The highest BCUT2D eigenvalue weighted by Crippen LogP contribution is 2.45. The quantitative estimate of drug-likeness (QED) is 0.268. The first-order chi connectivity index (χ1) is 17.7. The highest BCUT2D eigenvalue weighted by atomic mass is 16.5. The van der Waals surface area contributed by atoms with Crippen molar-refractivity contribution in [3.63, 3.8) is 0 Å². The zero-order chi connectivity index (χ0) is 26.7. The zero-order valence-corrected chi connectivity index (χ0v) is 21.5. The summed E-state index contributed by atoms with van der Waals surface area (Å²) in [6, 6.07) is 13.0. The Labute approximate surface area is 216 Å². The Kier molecular flexibility index (Phi) is 7.47. The zero-order valence-electron chi connectivity index (χ0n) is 21.5. The molecule has 0 radical (unpaired) electrons. The van der Waals surface area contributed by atoms with Gasteiger partial charge in [-0.1, -0.05) is 6.07 Å². The summed E-state index contributed by atoms with van der Waals surface area (Å²) in [7, 11) is 3.04. The van der Waals surface area contributed by atoms with E-state index in [4.69, 9.17) is 14.2 Å². The number of aliphatic hydroxyl groups excluding tert-OH is 1.